The summed E-state index contributed by atoms with van der Waals surface area (Å²) in [5.41, 5.74) is 2.46. The SMILES string of the molecule is CCOc1ccc(C(C)=O)cc1Cn1cc(C(C)Br)nn1. The average Bonchev–Trinajstić information content (AvgIpc) is 2.89. The van der Waals surface area contributed by atoms with Gasteiger partial charge in [0.15, 0.2) is 5.78 Å². The van der Waals surface area contributed by atoms with Gasteiger partial charge >= 0.3 is 0 Å². The highest BCUT2D eigenvalue weighted by Gasteiger charge is 2.11. The lowest BCUT2D eigenvalue weighted by atomic mass is 10.1. The van der Waals surface area contributed by atoms with Gasteiger partial charge in [-0.05, 0) is 39.0 Å². The van der Waals surface area contributed by atoms with Gasteiger partial charge in [-0.25, -0.2) is 4.68 Å². The number of benzene rings is 1. The summed E-state index contributed by atoms with van der Waals surface area (Å²) in [6, 6.07) is 5.47. The van der Waals surface area contributed by atoms with Crippen molar-refractivity contribution in [3.63, 3.8) is 0 Å². The van der Waals surface area contributed by atoms with Crippen LogP contribution in [0.15, 0.2) is 24.4 Å². The van der Waals surface area contributed by atoms with Crippen LogP contribution in [0.3, 0.4) is 0 Å². The minimum Gasteiger partial charge on any atom is -0.494 e. The Morgan fingerprint density at radius 1 is 1.48 bits per heavy atom. The fraction of sp³-hybridized carbons (Fsp3) is 0.400. The number of nitrogens with zero attached hydrogens (tertiary/aromatic N) is 3. The van der Waals surface area contributed by atoms with Gasteiger partial charge in [-0.1, -0.05) is 21.1 Å². The second-order valence-electron chi connectivity index (χ2n) is 4.77. The normalized spacial score (nSPS) is 12.2. The van der Waals surface area contributed by atoms with Crippen molar-refractivity contribution in [2.24, 2.45) is 0 Å². The Bertz CT molecular complexity index is 638. The largest absolute Gasteiger partial charge is 0.494 e. The summed E-state index contributed by atoms with van der Waals surface area (Å²) < 4.78 is 7.36. The van der Waals surface area contributed by atoms with Gasteiger partial charge in [-0.15, -0.1) is 5.10 Å². The van der Waals surface area contributed by atoms with E-state index in [0.29, 0.717) is 18.7 Å². The Balaban J connectivity index is 2.30. The average molecular weight is 352 g/mol. The van der Waals surface area contributed by atoms with Gasteiger partial charge in [-0.2, -0.15) is 0 Å². The summed E-state index contributed by atoms with van der Waals surface area (Å²) >= 11 is 3.47. The highest BCUT2D eigenvalue weighted by atomic mass is 79.9. The second-order valence-corrected chi connectivity index (χ2v) is 6.14. The van der Waals surface area contributed by atoms with Crippen LogP contribution in [-0.2, 0) is 6.54 Å². The summed E-state index contributed by atoms with van der Waals surface area (Å²) in [6.07, 6.45) is 1.88. The first-order valence-corrected chi connectivity index (χ1v) is 7.73. The fourth-order valence-corrected chi connectivity index (χ4v) is 2.18. The standard InChI is InChI=1S/C15H18BrN3O2/c1-4-21-15-6-5-12(11(3)20)7-13(15)8-19-9-14(10(2)16)17-18-19/h5-7,9-10H,4,8H2,1-3H3. The predicted octanol–water partition coefficient (Wildman–Crippen LogP) is 3.38. The van der Waals surface area contributed by atoms with E-state index in [1.807, 2.05) is 32.2 Å². The molecule has 1 aromatic heterocycles. The molecular formula is C15H18BrN3O2. The molecule has 0 radical (unpaired) electrons. The molecule has 0 aliphatic rings. The van der Waals surface area contributed by atoms with Crippen LogP contribution >= 0.6 is 15.9 Å². The van der Waals surface area contributed by atoms with E-state index in [1.54, 1.807) is 17.7 Å². The predicted molar refractivity (Wildman–Crippen MR) is 84.1 cm³/mol. The summed E-state index contributed by atoms with van der Waals surface area (Å²) in [7, 11) is 0. The van der Waals surface area contributed by atoms with Crippen molar-refractivity contribution in [2.75, 3.05) is 6.61 Å². The van der Waals surface area contributed by atoms with Crippen molar-refractivity contribution in [1.82, 2.24) is 15.0 Å². The molecule has 0 bridgehead atoms. The zero-order valence-corrected chi connectivity index (χ0v) is 13.9. The van der Waals surface area contributed by atoms with Crippen molar-refractivity contribution in [3.05, 3.63) is 41.2 Å². The van der Waals surface area contributed by atoms with E-state index < -0.39 is 0 Å². The van der Waals surface area contributed by atoms with E-state index in [1.165, 1.54) is 0 Å². The number of halogens is 1. The van der Waals surface area contributed by atoms with Gasteiger partial charge < -0.3 is 4.74 Å². The molecular weight excluding hydrogens is 334 g/mol. The first kappa shape index (κ1) is 15.7. The topological polar surface area (TPSA) is 57.0 Å². The Morgan fingerprint density at radius 2 is 2.24 bits per heavy atom. The Kier molecular flexibility index (Phi) is 5.12. The molecule has 1 unspecified atom stereocenters. The molecule has 5 nitrogen and oxygen atoms in total. The van der Waals surface area contributed by atoms with Crippen LogP contribution in [0, 0.1) is 0 Å². The number of Topliss-reactive ketones (excluding diaryl/α,β-unsaturated/α-hetero) is 1. The van der Waals surface area contributed by atoms with Crippen molar-refractivity contribution >= 4 is 21.7 Å². The Hall–Kier alpha value is -1.69. The first-order chi connectivity index (χ1) is 10.0. The summed E-state index contributed by atoms with van der Waals surface area (Å²) in [6.45, 7) is 6.58. The number of hydrogen-bond donors (Lipinski definition) is 0. The van der Waals surface area contributed by atoms with Crippen LogP contribution in [0.5, 0.6) is 5.75 Å². The van der Waals surface area contributed by atoms with Crippen LogP contribution in [0.2, 0.25) is 0 Å². The summed E-state index contributed by atoms with van der Waals surface area (Å²) in [5, 5.41) is 8.21. The van der Waals surface area contributed by atoms with Gasteiger partial charge in [0.05, 0.1) is 23.7 Å². The molecule has 1 atom stereocenters. The minimum atomic E-state index is 0.0349. The maximum Gasteiger partial charge on any atom is 0.159 e. The number of hydrogen-bond acceptors (Lipinski definition) is 4. The van der Waals surface area contributed by atoms with Gasteiger partial charge in [0, 0.05) is 17.3 Å². The maximum atomic E-state index is 11.5. The molecule has 0 aliphatic heterocycles. The lowest BCUT2D eigenvalue weighted by molar-refractivity contribution is 0.101. The molecule has 1 aromatic carbocycles. The van der Waals surface area contributed by atoms with E-state index in [-0.39, 0.29) is 10.6 Å². The van der Waals surface area contributed by atoms with Gasteiger partial charge in [-0.3, -0.25) is 4.79 Å². The lowest BCUT2D eigenvalue weighted by Crippen LogP contribution is -2.06. The number of rotatable bonds is 6. The van der Waals surface area contributed by atoms with Crippen LogP contribution in [0.1, 0.15) is 47.2 Å². The Labute approximate surface area is 132 Å². The number of alkyl halides is 1. The fourth-order valence-electron chi connectivity index (χ4n) is 1.97. The summed E-state index contributed by atoms with van der Waals surface area (Å²) in [5.74, 6) is 0.805. The van der Waals surface area contributed by atoms with Gasteiger partial charge in [0.25, 0.3) is 0 Å². The zero-order chi connectivity index (χ0) is 15.4. The van der Waals surface area contributed by atoms with Crippen LogP contribution in [0.4, 0.5) is 0 Å². The third-order valence-corrected chi connectivity index (χ3v) is 3.53. The molecule has 0 saturated carbocycles. The quantitative estimate of drug-likeness (QED) is 0.591. The molecule has 0 fully saturated rings. The molecule has 21 heavy (non-hydrogen) atoms. The monoisotopic (exact) mass is 351 g/mol. The third kappa shape index (κ3) is 3.91. The molecule has 2 aromatic rings. The highest BCUT2D eigenvalue weighted by molar-refractivity contribution is 9.09. The van der Waals surface area contributed by atoms with Crippen LogP contribution in [0.25, 0.3) is 0 Å². The molecule has 0 saturated heterocycles. The van der Waals surface area contributed by atoms with Crippen molar-refractivity contribution in [2.45, 2.75) is 32.1 Å². The van der Waals surface area contributed by atoms with Crippen molar-refractivity contribution < 1.29 is 9.53 Å². The van der Waals surface area contributed by atoms with Gasteiger partial charge in [0.2, 0.25) is 0 Å². The van der Waals surface area contributed by atoms with Gasteiger partial charge in [0.1, 0.15) is 5.75 Å². The molecule has 2 rings (SSSR count). The van der Waals surface area contributed by atoms with Crippen molar-refractivity contribution in [1.29, 1.82) is 0 Å². The van der Waals surface area contributed by atoms with E-state index in [4.69, 9.17) is 4.74 Å². The molecule has 1 heterocycles. The maximum absolute atomic E-state index is 11.5. The number of aromatic nitrogens is 3. The number of ketones is 1. The van der Waals surface area contributed by atoms with Crippen molar-refractivity contribution in [3.8, 4) is 5.75 Å². The lowest BCUT2D eigenvalue weighted by Gasteiger charge is -2.11. The number of carbonyl (C=O) groups is 1. The smallest absolute Gasteiger partial charge is 0.159 e. The third-order valence-electron chi connectivity index (χ3n) is 3.06. The molecule has 0 aliphatic carbocycles. The van der Waals surface area contributed by atoms with Crippen LogP contribution < -0.4 is 4.74 Å². The summed E-state index contributed by atoms with van der Waals surface area (Å²) in [4.78, 5) is 11.7. The molecule has 0 spiro atoms. The van der Waals surface area contributed by atoms with E-state index in [2.05, 4.69) is 26.2 Å². The number of ether oxygens (including phenoxy) is 1. The molecule has 6 heteroatoms. The highest BCUT2D eigenvalue weighted by Crippen LogP contribution is 2.23. The molecule has 112 valence electrons. The van der Waals surface area contributed by atoms with Crippen LogP contribution in [-0.4, -0.2) is 27.4 Å². The van der Waals surface area contributed by atoms with E-state index >= 15 is 0 Å². The number of carbonyl (C=O) groups excluding carboxylic acids is 1. The minimum absolute atomic E-state index is 0.0349. The molecule has 0 N–H and O–H groups in total. The van der Waals surface area contributed by atoms with E-state index in [9.17, 15) is 4.79 Å². The molecule has 0 amide bonds. The Morgan fingerprint density at radius 3 is 2.81 bits per heavy atom. The first-order valence-electron chi connectivity index (χ1n) is 6.82. The van der Waals surface area contributed by atoms with E-state index in [0.717, 1.165) is 17.0 Å². The second kappa shape index (κ2) is 6.85. The zero-order valence-electron chi connectivity index (χ0n) is 12.3.